The van der Waals surface area contributed by atoms with Crippen molar-refractivity contribution in [2.24, 2.45) is 0 Å². The first-order valence-corrected chi connectivity index (χ1v) is 5.05. The second-order valence-electron chi connectivity index (χ2n) is 3.48. The summed E-state index contributed by atoms with van der Waals surface area (Å²) in [6, 6.07) is 0. The molecule has 0 saturated heterocycles. The van der Waals surface area contributed by atoms with Gasteiger partial charge in [0.25, 0.3) is 0 Å². The zero-order chi connectivity index (χ0) is 8.48. The van der Waals surface area contributed by atoms with Crippen molar-refractivity contribution in [2.75, 3.05) is 5.75 Å². The van der Waals surface area contributed by atoms with Crippen molar-refractivity contribution in [3.05, 3.63) is 10.7 Å². The third-order valence-electron chi connectivity index (χ3n) is 1.75. The van der Waals surface area contributed by atoms with E-state index in [0.717, 1.165) is 12.2 Å². The summed E-state index contributed by atoms with van der Waals surface area (Å²) in [5, 5.41) is 0. The SMILES string of the molecule is CCC1=C(C)SCC(C)(C)O1. The van der Waals surface area contributed by atoms with Crippen LogP contribution >= 0.6 is 11.8 Å². The molecule has 0 bridgehead atoms. The number of ether oxygens (including phenoxy) is 1. The monoisotopic (exact) mass is 172 g/mol. The first-order chi connectivity index (χ1) is 5.05. The van der Waals surface area contributed by atoms with E-state index < -0.39 is 0 Å². The van der Waals surface area contributed by atoms with E-state index >= 15 is 0 Å². The summed E-state index contributed by atoms with van der Waals surface area (Å²) in [6.07, 6.45) is 1.02. The second kappa shape index (κ2) is 3.10. The molecule has 0 amide bonds. The first kappa shape index (κ1) is 8.98. The van der Waals surface area contributed by atoms with Crippen LogP contribution in [0, 0.1) is 0 Å². The van der Waals surface area contributed by atoms with E-state index in [4.69, 9.17) is 4.74 Å². The Kier molecular flexibility index (Phi) is 2.53. The molecule has 0 radical (unpaired) electrons. The number of allylic oxidation sites excluding steroid dienone is 2. The number of rotatable bonds is 1. The quantitative estimate of drug-likeness (QED) is 0.601. The van der Waals surface area contributed by atoms with E-state index in [1.807, 2.05) is 11.8 Å². The van der Waals surface area contributed by atoms with Gasteiger partial charge in [-0.05, 0) is 20.8 Å². The Labute approximate surface area is 73.2 Å². The van der Waals surface area contributed by atoms with Gasteiger partial charge in [-0.15, -0.1) is 11.8 Å². The molecular formula is C9H16OS. The number of hydrogen-bond acceptors (Lipinski definition) is 2. The van der Waals surface area contributed by atoms with E-state index in [-0.39, 0.29) is 5.60 Å². The summed E-state index contributed by atoms with van der Waals surface area (Å²) in [7, 11) is 0. The minimum Gasteiger partial charge on any atom is -0.491 e. The van der Waals surface area contributed by atoms with Crippen molar-refractivity contribution in [3.63, 3.8) is 0 Å². The van der Waals surface area contributed by atoms with Crippen molar-refractivity contribution in [1.82, 2.24) is 0 Å². The van der Waals surface area contributed by atoms with Gasteiger partial charge in [-0.2, -0.15) is 0 Å². The lowest BCUT2D eigenvalue weighted by molar-refractivity contribution is 0.0483. The number of hydrogen-bond donors (Lipinski definition) is 0. The predicted octanol–water partition coefficient (Wildman–Crippen LogP) is 3.17. The third kappa shape index (κ3) is 2.16. The van der Waals surface area contributed by atoms with Crippen LogP contribution in [-0.4, -0.2) is 11.4 Å². The summed E-state index contributed by atoms with van der Waals surface area (Å²) in [5.74, 6) is 2.24. The van der Waals surface area contributed by atoms with Crippen LogP contribution in [0.15, 0.2) is 10.7 Å². The normalized spacial score (nSPS) is 23.3. The van der Waals surface area contributed by atoms with Gasteiger partial charge < -0.3 is 4.74 Å². The lowest BCUT2D eigenvalue weighted by Gasteiger charge is -2.32. The molecule has 0 N–H and O–H groups in total. The Balaban J connectivity index is 2.73. The average Bonchev–Trinajstić information content (AvgIpc) is 1.94. The Morgan fingerprint density at radius 1 is 1.55 bits per heavy atom. The minimum atomic E-state index is 0.0372. The third-order valence-corrected chi connectivity index (χ3v) is 3.25. The van der Waals surface area contributed by atoms with Crippen LogP contribution in [0.4, 0.5) is 0 Å². The average molecular weight is 172 g/mol. The molecule has 0 aromatic rings. The largest absolute Gasteiger partial charge is 0.491 e. The van der Waals surface area contributed by atoms with Crippen molar-refractivity contribution in [2.45, 2.75) is 39.7 Å². The highest BCUT2D eigenvalue weighted by Crippen LogP contribution is 2.35. The molecule has 0 aliphatic carbocycles. The molecule has 0 aromatic heterocycles. The van der Waals surface area contributed by atoms with E-state index in [9.17, 15) is 0 Å². The van der Waals surface area contributed by atoms with Crippen LogP contribution in [0.5, 0.6) is 0 Å². The zero-order valence-corrected chi connectivity index (χ0v) is 8.55. The molecular weight excluding hydrogens is 156 g/mol. The molecule has 1 aliphatic heterocycles. The van der Waals surface area contributed by atoms with E-state index in [2.05, 4.69) is 27.7 Å². The molecule has 2 heteroatoms. The van der Waals surface area contributed by atoms with Crippen LogP contribution in [-0.2, 0) is 4.74 Å². The Hall–Kier alpha value is -0.110. The second-order valence-corrected chi connectivity index (χ2v) is 4.67. The summed E-state index contributed by atoms with van der Waals surface area (Å²) >= 11 is 1.91. The molecule has 64 valence electrons. The molecule has 0 spiro atoms. The van der Waals surface area contributed by atoms with Crippen LogP contribution in [0.25, 0.3) is 0 Å². The molecule has 0 atom stereocenters. The predicted molar refractivity (Wildman–Crippen MR) is 50.6 cm³/mol. The molecule has 1 aliphatic rings. The maximum absolute atomic E-state index is 5.79. The highest BCUT2D eigenvalue weighted by atomic mass is 32.2. The molecule has 0 aromatic carbocycles. The van der Waals surface area contributed by atoms with Gasteiger partial charge >= 0.3 is 0 Å². The van der Waals surface area contributed by atoms with E-state index in [0.29, 0.717) is 0 Å². The Morgan fingerprint density at radius 3 is 2.64 bits per heavy atom. The smallest absolute Gasteiger partial charge is 0.112 e. The summed E-state index contributed by atoms with van der Waals surface area (Å²) in [6.45, 7) is 8.56. The summed E-state index contributed by atoms with van der Waals surface area (Å²) in [4.78, 5) is 1.35. The molecule has 0 fully saturated rings. The Bertz CT molecular complexity index is 182. The van der Waals surface area contributed by atoms with Crippen LogP contribution in [0.3, 0.4) is 0 Å². The lowest BCUT2D eigenvalue weighted by Crippen LogP contribution is -2.30. The Morgan fingerprint density at radius 2 is 2.18 bits per heavy atom. The van der Waals surface area contributed by atoms with Gasteiger partial charge in [-0.1, -0.05) is 6.92 Å². The van der Waals surface area contributed by atoms with Gasteiger partial charge in [-0.25, -0.2) is 0 Å². The zero-order valence-electron chi connectivity index (χ0n) is 7.73. The fraction of sp³-hybridized carbons (Fsp3) is 0.778. The molecule has 1 rings (SSSR count). The van der Waals surface area contributed by atoms with E-state index in [1.54, 1.807) is 0 Å². The molecule has 1 nitrogen and oxygen atoms in total. The van der Waals surface area contributed by atoms with Crippen LogP contribution in [0.2, 0.25) is 0 Å². The number of thioether (sulfide) groups is 1. The van der Waals surface area contributed by atoms with Crippen LogP contribution in [0.1, 0.15) is 34.1 Å². The van der Waals surface area contributed by atoms with Crippen molar-refractivity contribution in [3.8, 4) is 0 Å². The molecule has 1 heterocycles. The lowest BCUT2D eigenvalue weighted by atomic mass is 10.2. The molecule has 11 heavy (non-hydrogen) atoms. The van der Waals surface area contributed by atoms with Crippen LogP contribution < -0.4 is 0 Å². The van der Waals surface area contributed by atoms with Crippen molar-refractivity contribution in [1.29, 1.82) is 0 Å². The first-order valence-electron chi connectivity index (χ1n) is 4.07. The topological polar surface area (TPSA) is 9.23 Å². The van der Waals surface area contributed by atoms with Crippen molar-refractivity contribution >= 4 is 11.8 Å². The standard InChI is InChI=1S/C9H16OS/c1-5-8-7(2)11-6-9(3,4)10-8/h5-6H2,1-4H3. The minimum absolute atomic E-state index is 0.0372. The van der Waals surface area contributed by atoms with Gasteiger partial charge in [-0.3, -0.25) is 0 Å². The van der Waals surface area contributed by atoms with Gasteiger partial charge in [0, 0.05) is 17.1 Å². The summed E-state index contributed by atoms with van der Waals surface area (Å²) < 4.78 is 5.79. The van der Waals surface area contributed by atoms with Gasteiger partial charge in [0.2, 0.25) is 0 Å². The van der Waals surface area contributed by atoms with Crippen molar-refractivity contribution < 1.29 is 4.74 Å². The van der Waals surface area contributed by atoms with E-state index in [1.165, 1.54) is 10.7 Å². The maximum Gasteiger partial charge on any atom is 0.112 e. The fourth-order valence-electron chi connectivity index (χ4n) is 1.12. The molecule has 0 saturated carbocycles. The fourth-order valence-corrected chi connectivity index (χ4v) is 2.09. The van der Waals surface area contributed by atoms with Gasteiger partial charge in [0.15, 0.2) is 0 Å². The highest BCUT2D eigenvalue weighted by Gasteiger charge is 2.26. The molecule has 0 unspecified atom stereocenters. The van der Waals surface area contributed by atoms with Gasteiger partial charge in [0.05, 0.1) is 0 Å². The maximum atomic E-state index is 5.79. The highest BCUT2D eigenvalue weighted by molar-refractivity contribution is 8.03. The summed E-state index contributed by atoms with van der Waals surface area (Å²) in [5.41, 5.74) is 0.0372. The van der Waals surface area contributed by atoms with Gasteiger partial charge in [0.1, 0.15) is 11.4 Å².